The van der Waals surface area contributed by atoms with Crippen LogP contribution in [0.1, 0.15) is 26.7 Å². The van der Waals surface area contributed by atoms with E-state index in [9.17, 15) is 9.59 Å². The van der Waals surface area contributed by atoms with E-state index in [1.165, 1.54) is 11.0 Å². The van der Waals surface area contributed by atoms with Crippen molar-refractivity contribution in [1.29, 1.82) is 0 Å². The van der Waals surface area contributed by atoms with Crippen LogP contribution in [0, 0.1) is 0 Å². The second kappa shape index (κ2) is 3.45. The Kier molecular flexibility index (Phi) is 2.38. The van der Waals surface area contributed by atoms with Gasteiger partial charge in [0.2, 0.25) is 0 Å². The van der Waals surface area contributed by atoms with Crippen molar-refractivity contribution >= 4 is 11.8 Å². The highest BCUT2D eigenvalue weighted by atomic mass is 16.5. The summed E-state index contributed by atoms with van der Waals surface area (Å²) in [6.07, 6.45) is 2.88. The summed E-state index contributed by atoms with van der Waals surface area (Å²) in [6, 6.07) is 0. The fraction of sp³-hybridized carbons (Fsp3) is 0.636. The fourth-order valence-electron chi connectivity index (χ4n) is 2.13. The number of rotatable bonds is 1. The Morgan fingerprint density at radius 2 is 1.93 bits per heavy atom. The summed E-state index contributed by atoms with van der Waals surface area (Å²) < 4.78 is 5.26. The summed E-state index contributed by atoms with van der Waals surface area (Å²) in [4.78, 5) is 24.9. The summed E-state index contributed by atoms with van der Waals surface area (Å²) in [5.74, 6) is -0.327. The molecule has 2 heterocycles. The van der Waals surface area contributed by atoms with Crippen LogP contribution in [-0.2, 0) is 14.3 Å². The van der Waals surface area contributed by atoms with Crippen LogP contribution in [0.4, 0.5) is 0 Å². The van der Waals surface area contributed by atoms with E-state index in [0.29, 0.717) is 18.8 Å². The van der Waals surface area contributed by atoms with Crippen LogP contribution in [0.3, 0.4) is 0 Å². The topological polar surface area (TPSA) is 46.6 Å². The molecular weight excluding hydrogens is 194 g/mol. The van der Waals surface area contributed by atoms with Crippen molar-refractivity contribution in [3.05, 3.63) is 11.6 Å². The molecule has 2 aliphatic heterocycles. The first-order chi connectivity index (χ1) is 7.04. The van der Waals surface area contributed by atoms with E-state index in [1.807, 2.05) is 6.92 Å². The lowest BCUT2D eigenvalue weighted by molar-refractivity contribution is -0.147. The van der Waals surface area contributed by atoms with Crippen molar-refractivity contribution in [3.8, 4) is 0 Å². The molecule has 0 bridgehead atoms. The van der Waals surface area contributed by atoms with Crippen molar-refractivity contribution in [2.45, 2.75) is 32.2 Å². The molecule has 0 aliphatic carbocycles. The molecule has 0 unspecified atom stereocenters. The van der Waals surface area contributed by atoms with E-state index in [4.69, 9.17) is 4.74 Å². The Bertz CT molecular complexity index is 340. The number of carbonyl (C=O) groups excluding carboxylic acids is 2. The van der Waals surface area contributed by atoms with Crippen molar-refractivity contribution in [2.75, 3.05) is 13.2 Å². The molecule has 0 saturated carbocycles. The molecule has 0 N–H and O–H groups in total. The molecular formula is C11H15NO3. The first-order valence-corrected chi connectivity index (χ1v) is 5.19. The predicted octanol–water partition coefficient (Wildman–Crippen LogP) is 0.871. The Morgan fingerprint density at radius 1 is 1.33 bits per heavy atom. The van der Waals surface area contributed by atoms with E-state index in [2.05, 4.69) is 0 Å². The van der Waals surface area contributed by atoms with E-state index in [-0.39, 0.29) is 17.4 Å². The lowest BCUT2D eigenvalue weighted by atomic mass is 9.90. The number of carbonyl (C=O) groups is 2. The molecule has 0 atom stereocenters. The summed E-state index contributed by atoms with van der Waals surface area (Å²) in [6.45, 7) is 4.87. The highest BCUT2D eigenvalue weighted by molar-refractivity contribution is 6.16. The van der Waals surface area contributed by atoms with Crippen LogP contribution in [0.25, 0.3) is 0 Å². The standard InChI is InChI=1S/C11H15NO3/c1-8-7-9(13)12(10(8)14)11(2)3-5-15-6-4-11/h7H,3-6H2,1-2H3. The van der Waals surface area contributed by atoms with Crippen molar-refractivity contribution < 1.29 is 14.3 Å². The van der Waals surface area contributed by atoms with Gasteiger partial charge in [-0.05, 0) is 26.7 Å². The third-order valence-electron chi connectivity index (χ3n) is 3.21. The molecule has 0 aromatic heterocycles. The van der Waals surface area contributed by atoms with E-state index in [0.717, 1.165) is 12.8 Å². The van der Waals surface area contributed by atoms with Gasteiger partial charge in [0, 0.05) is 24.9 Å². The Morgan fingerprint density at radius 3 is 2.40 bits per heavy atom. The van der Waals surface area contributed by atoms with Crippen LogP contribution in [-0.4, -0.2) is 35.5 Å². The molecule has 0 radical (unpaired) electrons. The normalized spacial score (nSPS) is 25.7. The average molecular weight is 209 g/mol. The first-order valence-electron chi connectivity index (χ1n) is 5.19. The zero-order valence-electron chi connectivity index (χ0n) is 9.08. The molecule has 0 aromatic carbocycles. The minimum atomic E-state index is -0.360. The lowest BCUT2D eigenvalue weighted by Crippen LogP contribution is -2.53. The van der Waals surface area contributed by atoms with Gasteiger partial charge in [-0.3, -0.25) is 14.5 Å². The molecule has 4 nitrogen and oxygen atoms in total. The highest BCUT2D eigenvalue weighted by Crippen LogP contribution is 2.31. The zero-order valence-corrected chi connectivity index (χ0v) is 9.08. The van der Waals surface area contributed by atoms with Crippen LogP contribution >= 0.6 is 0 Å². The predicted molar refractivity (Wildman–Crippen MR) is 54.1 cm³/mol. The second-order valence-electron chi connectivity index (χ2n) is 4.42. The van der Waals surface area contributed by atoms with Gasteiger partial charge in [-0.2, -0.15) is 0 Å². The van der Waals surface area contributed by atoms with Crippen molar-refractivity contribution in [2.24, 2.45) is 0 Å². The number of amides is 2. The number of nitrogens with zero attached hydrogens (tertiary/aromatic N) is 1. The maximum absolute atomic E-state index is 11.8. The van der Waals surface area contributed by atoms with Gasteiger partial charge >= 0.3 is 0 Å². The van der Waals surface area contributed by atoms with Gasteiger partial charge in [-0.1, -0.05) is 0 Å². The first kappa shape index (κ1) is 10.4. The smallest absolute Gasteiger partial charge is 0.257 e. The third kappa shape index (κ3) is 1.59. The summed E-state index contributed by atoms with van der Waals surface area (Å²) in [5.41, 5.74) is 0.174. The molecule has 4 heteroatoms. The third-order valence-corrected chi connectivity index (χ3v) is 3.21. The number of hydrogen-bond donors (Lipinski definition) is 0. The summed E-state index contributed by atoms with van der Waals surface area (Å²) in [7, 11) is 0. The lowest BCUT2D eigenvalue weighted by Gasteiger charge is -2.40. The molecule has 0 spiro atoms. The number of imide groups is 1. The molecule has 2 rings (SSSR count). The summed E-state index contributed by atoms with van der Waals surface area (Å²) >= 11 is 0. The molecule has 2 aliphatic rings. The zero-order chi connectivity index (χ0) is 11.1. The monoisotopic (exact) mass is 209 g/mol. The number of ether oxygens (including phenoxy) is 1. The quantitative estimate of drug-likeness (QED) is 0.602. The largest absolute Gasteiger partial charge is 0.381 e. The van der Waals surface area contributed by atoms with Gasteiger partial charge in [-0.15, -0.1) is 0 Å². The van der Waals surface area contributed by atoms with Crippen molar-refractivity contribution in [3.63, 3.8) is 0 Å². The van der Waals surface area contributed by atoms with Gasteiger partial charge in [0.05, 0.1) is 5.54 Å². The Balaban J connectivity index is 2.24. The second-order valence-corrected chi connectivity index (χ2v) is 4.42. The van der Waals surface area contributed by atoms with Gasteiger partial charge in [-0.25, -0.2) is 0 Å². The molecule has 1 fully saturated rings. The maximum atomic E-state index is 11.8. The van der Waals surface area contributed by atoms with Crippen LogP contribution in [0.5, 0.6) is 0 Å². The molecule has 82 valence electrons. The molecule has 15 heavy (non-hydrogen) atoms. The minimum absolute atomic E-state index is 0.149. The van der Waals surface area contributed by atoms with Gasteiger partial charge < -0.3 is 4.74 Å². The summed E-state index contributed by atoms with van der Waals surface area (Å²) in [5, 5.41) is 0. The Hall–Kier alpha value is -1.16. The Labute approximate surface area is 88.9 Å². The van der Waals surface area contributed by atoms with Crippen LogP contribution in [0.2, 0.25) is 0 Å². The molecule has 0 aromatic rings. The van der Waals surface area contributed by atoms with Gasteiger partial charge in [0.25, 0.3) is 11.8 Å². The van der Waals surface area contributed by atoms with E-state index in [1.54, 1.807) is 6.92 Å². The van der Waals surface area contributed by atoms with Gasteiger partial charge in [0.15, 0.2) is 0 Å². The van der Waals surface area contributed by atoms with Crippen LogP contribution in [0.15, 0.2) is 11.6 Å². The SMILES string of the molecule is CC1=CC(=O)N(C2(C)CCOCC2)C1=O. The van der Waals surface area contributed by atoms with E-state index >= 15 is 0 Å². The average Bonchev–Trinajstić information content (AvgIpc) is 2.42. The van der Waals surface area contributed by atoms with Crippen LogP contribution < -0.4 is 0 Å². The molecule has 1 saturated heterocycles. The minimum Gasteiger partial charge on any atom is -0.381 e. The van der Waals surface area contributed by atoms with Gasteiger partial charge in [0.1, 0.15) is 0 Å². The van der Waals surface area contributed by atoms with Crippen molar-refractivity contribution in [1.82, 2.24) is 4.90 Å². The maximum Gasteiger partial charge on any atom is 0.257 e. The highest BCUT2D eigenvalue weighted by Gasteiger charge is 2.43. The van der Waals surface area contributed by atoms with E-state index < -0.39 is 0 Å². The number of hydrogen-bond acceptors (Lipinski definition) is 3. The fourth-order valence-corrected chi connectivity index (χ4v) is 2.13. The molecule has 2 amide bonds.